The van der Waals surface area contributed by atoms with E-state index < -0.39 is 24.2 Å². The molecule has 0 bridgehead atoms. The Bertz CT molecular complexity index is 1120. The van der Waals surface area contributed by atoms with Gasteiger partial charge < -0.3 is 10.6 Å². The van der Waals surface area contributed by atoms with E-state index in [1.807, 2.05) is 45.0 Å². The fourth-order valence-electron chi connectivity index (χ4n) is 3.76. The number of benzene rings is 2. The normalized spacial score (nSPS) is 18.3. The number of fused-ring (bicyclic) bond motifs is 1. The van der Waals surface area contributed by atoms with Gasteiger partial charge in [0.25, 0.3) is 5.91 Å². The van der Waals surface area contributed by atoms with Crippen LogP contribution in [0.2, 0.25) is 0 Å². The number of carbonyl (C=O) groups excluding carboxylic acids is 1. The van der Waals surface area contributed by atoms with Crippen LogP contribution in [0, 0.1) is 20.8 Å². The number of nitrogens with zero attached hydrogens (tertiary/aromatic N) is 2. The number of halogens is 3. The van der Waals surface area contributed by atoms with Gasteiger partial charge in [0.15, 0.2) is 6.04 Å². The lowest BCUT2D eigenvalue weighted by Gasteiger charge is -2.34. The maximum atomic E-state index is 13.8. The molecule has 4 rings (SSSR count). The van der Waals surface area contributed by atoms with Gasteiger partial charge in [-0.2, -0.15) is 18.3 Å². The van der Waals surface area contributed by atoms with Crippen molar-refractivity contribution in [3.63, 3.8) is 0 Å². The first kappa shape index (κ1) is 21.0. The summed E-state index contributed by atoms with van der Waals surface area (Å²) < 4.78 is 42.3. The van der Waals surface area contributed by atoms with Gasteiger partial charge in [0, 0.05) is 12.1 Å². The topological polar surface area (TPSA) is 59.0 Å². The van der Waals surface area contributed by atoms with Gasteiger partial charge in [0.2, 0.25) is 0 Å². The summed E-state index contributed by atoms with van der Waals surface area (Å²) >= 11 is 0. The van der Waals surface area contributed by atoms with Crippen LogP contribution in [0.3, 0.4) is 0 Å². The number of amides is 1. The molecular weight excluding hydrogens is 405 g/mol. The largest absolute Gasteiger partial charge is 0.410 e. The molecule has 8 heteroatoms. The molecular formula is C23H23F3N4O. The van der Waals surface area contributed by atoms with Crippen LogP contribution < -0.4 is 10.6 Å². The minimum Gasteiger partial charge on any atom is -0.363 e. The quantitative estimate of drug-likeness (QED) is 0.561. The van der Waals surface area contributed by atoms with Crippen molar-refractivity contribution in [2.45, 2.75) is 45.5 Å². The van der Waals surface area contributed by atoms with E-state index in [-0.39, 0.29) is 17.8 Å². The molecule has 0 spiro atoms. The van der Waals surface area contributed by atoms with E-state index in [0.717, 1.165) is 26.9 Å². The summed E-state index contributed by atoms with van der Waals surface area (Å²) in [4.78, 5) is 12.9. The van der Waals surface area contributed by atoms with Gasteiger partial charge in [0.05, 0.1) is 12.2 Å². The van der Waals surface area contributed by atoms with E-state index in [0.29, 0.717) is 5.69 Å². The zero-order valence-electron chi connectivity index (χ0n) is 17.4. The Kier molecular flexibility index (Phi) is 5.24. The molecule has 0 fully saturated rings. The maximum Gasteiger partial charge on any atom is 0.410 e. The average Bonchev–Trinajstić information content (AvgIpc) is 3.14. The first-order chi connectivity index (χ1) is 14.6. The van der Waals surface area contributed by atoms with Crippen LogP contribution in [0.25, 0.3) is 0 Å². The summed E-state index contributed by atoms with van der Waals surface area (Å²) in [5, 5.41) is 9.79. The smallest absolute Gasteiger partial charge is 0.363 e. The predicted molar refractivity (Wildman–Crippen MR) is 113 cm³/mol. The summed E-state index contributed by atoms with van der Waals surface area (Å²) in [6.07, 6.45) is -3.51. The van der Waals surface area contributed by atoms with E-state index in [9.17, 15) is 18.0 Å². The number of aryl methyl sites for hydroxylation is 3. The molecule has 5 nitrogen and oxygen atoms in total. The Hall–Kier alpha value is -3.29. The van der Waals surface area contributed by atoms with Crippen LogP contribution in [-0.4, -0.2) is 21.9 Å². The number of alkyl halides is 3. The van der Waals surface area contributed by atoms with Crippen LogP contribution in [-0.2, 0) is 0 Å². The predicted octanol–water partition coefficient (Wildman–Crippen LogP) is 5.72. The van der Waals surface area contributed by atoms with Crippen molar-refractivity contribution in [3.8, 4) is 0 Å². The highest BCUT2D eigenvalue weighted by atomic mass is 19.4. The lowest BCUT2D eigenvalue weighted by Crippen LogP contribution is -2.36. The number of hydrogen-bond donors (Lipinski definition) is 2. The Morgan fingerprint density at radius 3 is 2.45 bits per heavy atom. The highest BCUT2D eigenvalue weighted by Crippen LogP contribution is 2.44. The fourth-order valence-corrected chi connectivity index (χ4v) is 3.76. The maximum absolute atomic E-state index is 13.8. The molecule has 162 valence electrons. The monoisotopic (exact) mass is 428 g/mol. The van der Waals surface area contributed by atoms with Crippen LogP contribution in [0.1, 0.15) is 51.1 Å². The number of anilines is 2. The number of aromatic nitrogens is 2. The van der Waals surface area contributed by atoms with E-state index in [4.69, 9.17) is 0 Å². The second kappa shape index (κ2) is 7.76. The van der Waals surface area contributed by atoms with Crippen LogP contribution in [0.5, 0.6) is 0 Å². The average molecular weight is 428 g/mol. The van der Waals surface area contributed by atoms with Gasteiger partial charge in [0.1, 0.15) is 11.4 Å². The lowest BCUT2D eigenvalue weighted by molar-refractivity contribution is -0.173. The number of hydrogen-bond acceptors (Lipinski definition) is 3. The third-order valence-corrected chi connectivity index (χ3v) is 5.73. The molecule has 3 aromatic rings. The highest BCUT2D eigenvalue weighted by Gasteiger charge is 2.47. The summed E-state index contributed by atoms with van der Waals surface area (Å²) in [7, 11) is 0. The fraction of sp³-hybridized carbons (Fsp3) is 0.304. The van der Waals surface area contributed by atoms with Crippen molar-refractivity contribution in [2.75, 3.05) is 10.6 Å². The molecule has 0 unspecified atom stereocenters. The van der Waals surface area contributed by atoms with E-state index >= 15 is 0 Å². The molecule has 31 heavy (non-hydrogen) atoms. The number of nitrogens with one attached hydrogen (secondary N) is 2. The van der Waals surface area contributed by atoms with Gasteiger partial charge in [-0.1, -0.05) is 35.9 Å². The molecule has 0 aliphatic carbocycles. The van der Waals surface area contributed by atoms with Gasteiger partial charge in [-0.3, -0.25) is 4.79 Å². The minimum atomic E-state index is -4.49. The number of rotatable bonds is 3. The van der Waals surface area contributed by atoms with Crippen LogP contribution in [0.4, 0.5) is 24.7 Å². The second-order valence-corrected chi connectivity index (χ2v) is 8.01. The Balaban J connectivity index is 1.68. The minimum absolute atomic E-state index is 0.0699. The van der Waals surface area contributed by atoms with E-state index in [2.05, 4.69) is 15.7 Å². The SMILES string of the molecule is Cc1ccc([C@H]2C[C@H](C(F)(F)F)n3ncc(C(=O)Nc4ccc(C)c(C)c4)c3N2)cc1. The van der Waals surface area contributed by atoms with Crippen LogP contribution in [0.15, 0.2) is 48.7 Å². The molecule has 1 amide bonds. The van der Waals surface area contributed by atoms with Crippen molar-refractivity contribution >= 4 is 17.4 Å². The molecule has 2 aromatic carbocycles. The van der Waals surface area contributed by atoms with Crippen molar-refractivity contribution < 1.29 is 18.0 Å². The molecule has 1 aromatic heterocycles. The van der Waals surface area contributed by atoms with Crippen molar-refractivity contribution in [3.05, 3.63) is 76.5 Å². The Labute approximate surface area is 178 Å². The van der Waals surface area contributed by atoms with Gasteiger partial charge in [-0.05, 0) is 49.6 Å². The summed E-state index contributed by atoms with van der Waals surface area (Å²) in [6, 6.07) is 10.4. The molecule has 0 saturated heterocycles. The van der Waals surface area contributed by atoms with E-state index in [1.165, 1.54) is 6.20 Å². The first-order valence-corrected chi connectivity index (χ1v) is 9.99. The molecule has 0 saturated carbocycles. The Morgan fingerprint density at radius 1 is 1.10 bits per heavy atom. The lowest BCUT2D eigenvalue weighted by atomic mass is 9.96. The summed E-state index contributed by atoms with van der Waals surface area (Å²) in [6.45, 7) is 5.80. The summed E-state index contributed by atoms with van der Waals surface area (Å²) in [5.41, 5.74) is 4.48. The molecule has 1 aliphatic rings. The zero-order valence-corrected chi connectivity index (χ0v) is 17.4. The first-order valence-electron chi connectivity index (χ1n) is 9.99. The molecule has 2 N–H and O–H groups in total. The third kappa shape index (κ3) is 4.15. The van der Waals surface area contributed by atoms with Gasteiger partial charge >= 0.3 is 6.18 Å². The molecule has 0 radical (unpaired) electrons. The molecule has 1 aliphatic heterocycles. The second-order valence-electron chi connectivity index (χ2n) is 8.01. The third-order valence-electron chi connectivity index (χ3n) is 5.73. The van der Waals surface area contributed by atoms with Crippen molar-refractivity contribution in [2.24, 2.45) is 0 Å². The standard InChI is InChI=1S/C23H23F3N4O/c1-13-4-7-16(8-5-13)19-11-20(23(24,25)26)30-21(29-19)18(12-27-30)22(31)28-17-9-6-14(2)15(3)10-17/h4-10,12,19-20,29H,11H2,1-3H3,(H,28,31)/t19-,20-/m1/s1. The van der Waals surface area contributed by atoms with Crippen molar-refractivity contribution in [1.82, 2.24) is 9.78 Å². The van der Waals surface area contributed by atoms with Crippen LogP contribution >= 0.6 is 0 Å². The highest BCUT2D eigenvalue weighted by molar-refractivity contribution is 6.07. The molecule has 2 heterocycles. The zero-order chi connectivity index (χ0) is 22.3. The van der Waals surface area contributed by atoms with Crippen molar-refractivity contribution in [1.29, 1.82) is 0 Å². The Morgan fingerprint density at radius 2 is 1.81 bits per heavy atom. The number of carbonyl (C=O) groups is 1. The summed E-state index contributed by atoms with van der Waals surface area (Å²) in [5.74, 6) is -0.442. The van der Waals surface area contributed by atoms with E-state index in [1.54, 1.807) is 18.2 Å². The van der Waals surface area contributed by atoms with Gasteiger partial charge in [-0.25, -0.2) is 4.68 Å². The molecule has 2 atom stereocenters. The van der Waals surface area contributed by atoms with Gasteiger partial charge in [-0.15, -0.1) is 0 Å².